The Hall–Kier alpha value is -1.97. The molecule has 0 saturated heterocycles. The van der Waals surface area contributed by atoms with Crippen LogP contribution >= 0.6 is 0 Å². The molecule has 0 aromatic heterocycles. The second kappa shape index (κ2) is 4.37. The minimum Gasteiger partial charge on any atom is -0.480 e. The number of ketones is 2. The number of aliphatic carboxylic acids is 1. The molecular weight excluding hydrogens is 232 g/mol. The van der Waals surface area contributed by atoms with Crippen molar-refractivity contribution in [3.05, 3.63) is 35.4 Å². The molecule has 0 amide bonds. The van der Waals surface area contributed by atoms with Gasteiger partial charge in [0.25, 0.3) is 0 Å². The van der Waals surface area contributed by atoms with Crippen molar-refractivity contribution in [2.75, 3.05) is 0 Å². The molecule has 1 aliphatic carbocycles. The van der Waals surface area contributed by atoms with E-state index in [-0.39, 0.29) is 30.8 Å². The van der Waals surface area contributed by atoms with Gasteiger partial charge in [-0.05, 0) is 25.3 Å². The summed E-state index contributed by atoms with van der Waals surface area (Å²) in [7, 11) is 0. The van der Waals surface area contributed by atoms with Gasteiger partial charge in [0.15, 0.2) is 5.78 Å². The quantitative estimate of drug-likeness (QED) is 0.823. The van der Waals surface area contributed by atoms with E-state index in [4.69, 9.17) is 0 Å². The molecule has 0 saturated carbocycles. The van der Waals surface area contributed by atoms with Crippen molar-refractivity contribution in [3.8, 4) is 0 Å². The normalized spacial score (nSPS) is 21.7. The summed E-state index contributed by atoms with van der Waals surface area (Å²) in [6.07, 6.45) is 0.377. The van der Waals surface area contributed by atoms with Crippen LogP contribution in [-0.4, -0.2) is 22.6 Å². The maximum atomic E-state index is 12.3. The van der Waals surface area contributed by atoms with E-state index in [1.54, 1.807) is 24.3 Å². The largest absolute Gasteiger partial charge is 0.480 e. The Morgan fingerprint density at radius 2 is 2.00 bits per heavy atom. The van der Waals surface area contributed by atoms with Crippen molar-refractivity contribution in [2.24, 2.45) is 5.41 Å². The Kier molecular flexibility index (Phi) is 3.03. The van der Waals surface area contributed by atoms with Gasteiger partial charge < -0.3 is 9.90 Å². The van der Waals surface area contributed by atoms with Gasteiger partial charge in [-0.3, -0.25) is 9.59 Å². The Morgan fingerprint density at radius 3 is 2.56 bits per heavy atom. The van der Waals surface area contributed by atoms with Crippen LogP contribution in [0.15, 0.2) is 24.3 Å². The predicted octanol–water partition coefficient (Wildman–Crippen LogP) is 1.87. The molecule has 1 unspecified atom stereocenters. The number of carbonyl (C=O) groups excluding carboxylic acids is 2. The highest BCUT2D eigenvalue weighted by Crippen LogP contribution is 2.40. The molecular formula is C14H14O4. The third-order valence-corrected chi connectivity index (χ3v) is 3.50. The third-order valence-electron chi connectivity index (χ3n) is 3.50. The highest BCUT2D eigenvalue weighted by atomic mass is 16.4. The molecule has 2 rings (SSSR count). The Balaban J connectivity index is 2.38. The summed E-state index contributed by atoms with van der Waals surface area (Å²) < 4.78 is 0. The van der Waals surface area contributed by atoms with Gasteiger partial charge in [-0.25, -0.2) is 0 Å². The van der Waals surface area contributed by atoms with Crippen LogP contribution in [0, 0.1) is 5.41 Å². The standard InChI is InChI=1S/C14H14O4/c1-9(15)6-7-14(13(17)18)8-10-4-2-3-5-11(10)12(14)16/h2-5H,6-8H2,1H3,(H,17,18). The zero-order valence-corrected chi connectivity index (χ0v) is 10.1. The monoisotopic (exact) mass is 246 g/mol. The molecule has 0 radical (unpaired) electrons. The molecule has 1 N–H and O–H groups in total. The molecule has 0 aliphatic heterocycles. The molecule has 0 spiro atoms. The Bertz CT molecular complexity index is 532. The molecule has 94 valence electrons. The molecule has 0 fully saturated rings. The highest BCUT2D eigenvalue weighted by molar-refractivity contribution is 6.15. The maximum absolute atomic E-state index is 12.3. The highest BCUT2D eigenvalue weighted by Gasteiger charge is 2.51. The lowest BCUT2D eigenvalue weighted by Crippen LogP contribution is -2.37. The number of hydrogen-bond acceptors (Lipinski definition) is 3. The molecule has 18 heavy (non-hydrogen) atoms. The number of Topliss-reactive ketones (excluding diaryl/α,β-unsaturated/α-hetero) is 2. The molecule has 4 heteroatoms. The van der Waals surface area contributed by atoms with Gasteiger partial charge >= 0.3 is 5.97 Å². The number of hydrogen-bond donors (Lipinski definition) is 1. The van der Waals surface area contributed by atoms with Crippen LogP contribution in [0.5, 0.6) is 0 Å². The summed E-state index contributed by atoms with van der Waals surface area (Å²) in [4.78, 5) is 34.8. The van der Waals surface area contributed by atoms with Crippen LogP contribution in [-0.2, 0) is 16.0 Å². The van der Waals surface area contributed by atoms with Gasteiger partial charge in [0.1, 0.15) is 11.2 Å². The zero-order chi connectivity index (χ0) is 13.3. The van der Waals surface area contributed by atoms with Crippen LogP contribution < -0.4 is 0 Å². The smallest absolute Gasteiger partial charge is 0.317 e. The van der Waals surface area contributed by atoms with Gasteiger partial charge in [-0.1, -0.05) is 24.3 Å². The van der Waals surface area contributed by atoms with Crippen LogP contribution in [0.1, 0.15) is 35.7 Å². The van der Waals surface area contributed by atoms with Crippen molar-refractivity contribution in [1.82, 2.24) is 0 Å². The maximum Gasteiger partial charge on any atom is 0.317 e. The first-order valence-electron chi connectivity index (χ1n) is 5.83. The van der Waals surface area contributed by atoms with Crippen molar-refractivity contribution >= 4 is 17.5 Å². The van der Waals surface area contributed by atoms with Crippen molar-refractivity contribution in [1.29, 1.82) is 0 Å². The average Bonchev–Trinajstić information content (AvgIpc) is 2.62. The van der Waals surface area contributed by atoms with Crippen LogP contribution in [0.2, 0.25) is 0 Å². The van der Waals surface area contributed by atoms with Crippen LogP contribution in [0.3, 0.4) is 0 Å². The number of carboxylic acid groups (broad SMARTS) is 1. The number of rotatable bonds is 4. The lowest BCUT2D eigenvalue weighted by Gasteiger charge is -2.21. The van der Waals surface area contributed by atoms with Crippen molar-refractivity contribution in [3.63, 3.8) is 0 Å². The first-order chi connectivity index (χ1) is 8.47. The fourth-order valence-corrected chi connectivity index (χ4v) is 2.43. The molecule has 4 nitrogen and oxygen atoms in total. The first-order valence-corrected chi connectivity index (χ1v) is 5.83. The van der Waals surface area contributed by atoms with E-state index in [0.29, 0.717) is 5.56 Å². The summed E-state index contributed by atoms with van der Waals surface area (Å²) in [5, 5.41) is 9.39. The van der Waals surface area contributed by atoms with Gasteiger partial charge in [0.05, 0.1) is 0 Å². The number of carboxylic acids is 1. The lowest BCUT2D eigenvalue weighted by atomic mass is 9.79. The SMILES string of the molecule is CC(=O)CCC1(C(=O)O)Cc2ccccc2C1=O. The van der Waals surface area contributed by atoms with Gasteiger partial charge in [-0.15, -0.1) is 0 Å². The van der Waals surface area contributed by atoms with Crippen molar-refractivity contribution in [2.45, 2.75) is 26.2 Å². The molecule has 0 bridgehead atoms. The fraction of sp³-hybridized carbons (Fsp3) is 0.357. The van der Waals surface area contributed by atoms with E-state index in [1.165, 1.54) is 6.92 Å². The van der Waals surface area contributed by atoms with Crippen molar-refractivity contribution < 1.29 is 19.5 Å². The van der Waals surface area contributed by atoms with E-state index in [2.05, 4.69) is 0 Å². The summed E-state index contributed by atoms with van der Waals surface area (Å²) in [6.45, 7) is 1.40. The topological polar surface area (TPSA) is 71.4 Å². The van der Waals surface area contributed by atoms with Crippen LogP contribution in [0.25, 0.3) is 0 Å². The molecule has 0 heterocycles. The molecule has 1 atom stereocenters. The van der Waals surface area contributed by atoms with E-state index in [9.17, 15) is 19.5 Å². The minimum absolute atomic E-state index is 0.0746. The second-order valence-electron chi connectivity index (χ2n) is 4.75. The van der Waals surface area contributed by atoms with Crippen LogP contribution in [0.4, 0.5) is 0 Å². The molecule has 1 aromatic carbocycles. The van der Waals surface area contributed by atoms with Gasteiger partial charge in [-0.2, -0.15) is 0 Å². The number of carbonyl (C=O) groups is 3. The Labute approximate surface area is 105 Å². The van der Waals surface area contributed by atoms with E-state index in [0.717, 1.165) is 5.56 Å². The first kappa shape index (κ1) is 12.5. The Morgan fingerprint density at radius 1 is 1.33 bits per heavy atom. The van der Waals surface area contributed by atoms with E-state index >= 15 is 0 Å². The summed E-state index contributed by atoms with van der Waals surface area (Å²) in [5.41, 5.74) is -0.216. The zero-order valence-electron chi connectivity index (χ0n) is 10.1. The summed E-state index contributed by atoms with van der Waals surface area (Å²) >= 11 is 0. The fourth-order valence-electron chi connectivity index (χ4n) is 2.43. The lowest BCUT2D eigenvalue weighted by molar-refractivity contribution is -0.146. The van der Waals surface area contributed by atoms with Gasteiger partial charge in [0, 0.05) is 12.0 Å². The summed E-state index contributed by atoms with van der Waals surface area (Å²) in [5.74, 6) is -1.60. The number of fused-ring (bicyclic) bond motifs is 1. The predicted molar refractivity (Wildman–Crippen MR) is 64.5 cm³/mol. The average molecular weight is 246 g/mol. The second-order valence-corrected chi connectivity index (χ2v) is 4.75. The molecule has 1 aliphatic rings. The number of benzene rings is 1. The van der Waals surface area contributed by atoms with E-state index < -0.39 is 11.4 Å². The minimum atomic E-state index is -1.45. The summed E-state index contributed by atoms with van der Waals surface area (Å²) in [6, 6.07) is 6.93. The van der Waals surface area contributed by atoms with Gasteiger partial charge in [0.2, 0.25) is 0 Å². The molecule has 1 aromatic rings. The third kappa shape index (κ3) is 1.83. The van der Waals surface area contributed by atoms with E-state index in [1.807, 2.05) is 0 Å².